The second kappa shape index (κ2) is 11.5. The van der Waals surface area contributed by atoms with Crippen LogP contribution in [0.15, 0.2) is 21.1 Å². The van der Waals surface area contributed by atoms with Gasteiger partial charge in [0.25, 0.3) is 5.91 Å². The van der Waals surface area contributed by atoms with E-state index in [-0.39, 0.29) is 12.5 Å². The molecule has 1 aromatic carbocycles. The Balaban J connectivity index is 2.26. The third-order valence-corrected chi connectivity index (χ3v) is 4.44. The van der Waals surface area contributed by atoms with Crippen LogP contribution >= 0.6 is 31.9 Å². The third kappa shape index (κ3) is 8.15. The second-order valence-corrected chi connectivity index (χ2v) is 7.35. The third-order valence-electron chi connectivity index (χ3n) is 3.39. The molecule has 0 bridgehead atoms. The summed E-state index contributed by atoms with van der Waals surface area (Å²) in [5, 5.41) is 0. The van der Waals surface area contributed by atoms with Crippen LogP contribution in [-0.2, 0) is 9.59 Å². The lowest BCUT2D eigenvalue weighted by atomic mass is 10.1. The Morgan fingerprint density at radius 1 is 1.04 bits per heavy atom. The quantitative estimate of drug-likeness (QED) is 0.421. The molecule has 5 nitrogen and oxygen atoms in total. The molecule has 2 amide bonds. The number of aryl methyl sites for hydroxylation is 1. The lowest BCUT2D eigenvalue weighted by molar-refractivity contribution is -0.130. The number of carbonyl (C=O) groups excluding carboxylic acids is 2. The Hall–Kier alpha value is -1.08. The van der Waals surface area contributed by atoms with E-state index in [2.05, 4.69) is 49.6 Å². The van der Waals surface area contributed by atoms with Crippen LogP contribution in [0.4, 0.5) is 0 Å². The van der Waals surface area contributed by atoms with E-state index in [4.69, 9.17) is 4.74 Å². The Kier molecular flexibility index (Phi) is 10.0. The topological polar surface area (TPSA) is 67.4 Å². The van der Waals surface area contributed by atoms with Crippen molar-refractivity contribution < 1.29 is 14.3 Å². The molecular formula is C17H24Br2N2O3. The fourth-order valence-corrected chi connectivity index (χ4v) is 3.69. The maximum atomic E-state index is 11.8. The van der Waals surface area contributed by atoms with E-state index in [0.29, 0.717) is 12.2 Å². The van der Waals surface area contributed by atoms with E-state index >= 15 is 0 Å². The van der Waals surface area contributed by atoms with Gasteiger partial charge >= 0.3 is 0 Å². The largest absolute Gasteiger partial charge is 0.482 e. The summed E-state index contributed by atoms with van der Waals surface area (Å²) in [7, 11) is 0. The van der Waals surface area contributed by atoms with Crippen LogP contribution in [0.2, 0.25) is 0 Å². The standard InChI is InChI=1S/C17H24Br2N2O3/c1-3-4-5-6-7-8-15(22)20-21-16(23)11-24-17-12(2)9-13(18)10-14(17)19/h9-10H,3-8,11H2,1-2H3,(H,20,22)(H,21,23). The Morgan fingerprint density at radius 2 is 1.71 bits per heavy atom. The Morgan fingerprint density at radius 3 is 2.38 bits per heavy atom. The smallest absolute Gasteiger partial charge is 0.276 e. The molecule has 2 N–H and O–H groups in total. The van der Waals surface area contributed by atoms with Gasteiger partial charge in [0.1, 0.15) is 5.75 Å². The molecule has 1 aromatic rings. The highest BCUT2D eigenvalue weighted by Crippen LogP contribution is 2.32. The first kappa shape index (κ1) is 21.0. The summed E-state index contributed by atoms with van der Waals surface area (Å²) < 4.78 is 7.20. The Bertz CT molecular complexity index is 542. The van der Waals surface area contributed by atoms with Gasteiger partial charge in [-0.3, -0.25) is 20.4 Å². The second-order valence-electron chi connectivity index (χ2n) is 5.58. The zero-order valence-corrected chi connectivity index (χ0v) is 17.3. The molecule has 24 heavy (non-hydrogen) atoms. The van der Waals surface area contributed by atoms with Crippen LogP contribution in [0.3, 0.4) is 0 Å². The van der Waals surface area contributed by atoms with E-state index in [1.807, 2.05) is 19.1 Å². The minimum Gasteiger partial charge on any atom is -0.482 e. The predicted octanol–water partition coefficient (Wildman–Crippen LogP) is 4.41. The van der Waals surface area contributed by atoms with Gasteiger partial charge in [-0.05, 0) is 47.0 Å². The minimum atomic E-state index is -0.399. The molecular weight excluding hydrogens is 440 g/mol. The zero-order valence-electron chi connectivity index (χ0n) is 14.1. The van der Waals surface area contributed by atoms with Crippen LogP contribution in [0.1, 0.15) is 51.0 Å². The molecule has 0 aliphatic carbocycles. The summed E-state index contributed by atoms with van der Waals surface area (Å²) in [4.78, 5) is 23.4. The normalized spacial score (nSPS) is 10.3. The summed E-state index contributed by atoms with van der Waals surface area (Å²) in [6.45, 7) is 3.87. The van der Waals surface area contributed by atoms with Gasteiger partial charge in [-0.1, -0.05) is 48.5 Å². The number of ether oxygens (including phenoxy) is 1. The molecule has 0 atom stereocenters. The lowest BCUT2D eigenvalue weighted by Crippen LogP contribution is -2.43. The number of hydrazine groups is 1. The van der Waals surface area contributed by atoms with Crippen molar-refractivity contribution >= 4 is 43.7 Å². The van der Waals surface area contributed by atoms with Crippen molar-refractivity contribution in [3.8, 4) is 5.75 Å². The SMILES string of the molecule is CCCCCCCC(=O)NNC(=O)COc1c(C)cc(Br)cc1Br. The number of unbranched alkanes of at least 4 members (excludes halogenated alkanes) is 4. The molecule has 0 heterocycles. The lowest BCUT2D eigenvalue weighted by Gasteiger charge is -2.12. The van der Waals surface area contributed by atoms with Crippen molar-refractivity contribution in [1.82, 2.24) is 10.9 Å². The number of benzene rings is 1. The molecule has 7 heteroatoms. The molecule has 0 unspecified atom stereocenters. The van der Waals surface area contributed by atoms with Crippen LogP contribution in [0, 0.1) is 6.92 Å². The predicted molar refractivity (Wildman–Crippen MR) is 102 cm³/mol. The first-order valence-electron chi connectivity index (χ1n) is 8.10. The highest BCUT2D eigenvalue weighted by Gasteiger charge is 2.10. The average Bonchev–Trinajstić information content (AvgIpc) is 2.51. The van der Waals surface area contributed by atoms with Crippen molar-refractivity contribution in [2.24, 2.45) is 0 Å². The van der Waals surface area contributed by atoms with Crippen LogP contribution in [0.5, 0.6) is 5.75 Å². The number of nitrogens with one attached hydrogen (secondary N) is 2. The average molecular weight is 464 g/mol. The van der Waals surface area contributed by atoms with Crippen molar-refractivity contribution in [2.45, 2.75) is 52.4 Å². The zero-order chi connectivity index (χ0) is 17.9. The van der Waals surface area contributed by atoms with Crippen LogP contribution in [0.25, 0.3) is 0 Å². The van der Waals surface area contributed by atoms with Crippen molar-refractivity contribution in [2.75, 3.05) is 6.61 Å². The summed E-state index contributed by atoms with van der Waals surface area (Å²) >= 11 is 6.79. The molecule has 0 saturated heterocycles. The molecule has 0 spiro atoms. The fraction of sp³-hybridized carbons (Fsp3) is 0.529. The molecule has 134 valence electrons. The number of halogens is 2. The first-order valence-corrected chi connectivity index (χ1v) is 9.68. The molecule has 0 aliphatic rings. The van der Waals surface area contributed by atoms with Crippen molar-refractivity contribution in [3.63, 3.8) is 0 Å². The van der Waals surface area contributed by atoms with Gasteiger partial charge < -0.3 is 4.74 Å². The van der Waals surface area contributed by atoms with Crippen LogP contribution in [-0.4, -0.2) is 18.4 Å². The minimum absolute atomic E-state index is 0.169. The van der Waals surface area contributed by atoms with Gasteiger partial charge in [-0.25, -0.2) is 0 Å². The molecule has 0 aliphatic heterocycles. The van der Waals surface area contributed by atoms with Crippen molar-refractivity contribution in [1.29, 1.82) is 0 Å². The van der Waals surface area contributed by atoms with Gasteiger partial charge in [-0.15, -0.1) is 0 Å². The van der Waals surface area contributed by atoms with Gasteiger partial charge in [0.05, 0.1) is 4.47 Å². The van der Waals surface area contributed by atoms with Gasteiger partial charge in [-0.2, -0.15) is 0 Å². The number of carbonyl (C=O) groups is 2. The van der Waals surface area contributed by atoms with Gasteiger partial charge in [0, 0.05) is 10.9 Å². The molecule has 0 fully saturated rings. The van der Waals surface area contributed by atoms with E-state index in [1.165, 1.54) is 12.8 Å². The summed E-state index contributed by atoms with van der Waals surface area (Å²) in [5.74, 6) is 0.0278. The van der Waals surface area contributed by atoms with E-state index in [1.54, 1.807) is 0 Å². The number of hydrogen-bond donors (Lipinski definition) is 2. The molecule has 0 radical (unpaired) electrons. The van der Waals surface area contributed by atoms with Gasteiger partial charge in [0.15, 0.2) is 6.61 Å². The summed E-state index contributed by atoms with van der Waals surface area (Å²) in [5.41, 5.74) is 5.68. The van der Waals surface area contributed by atoms with Crippen LogP contribution < -0.4 is 15.6 Å². The number of amides is 2. The van der Waals surface area contributed by atoms with E-state index in [9.17, 15) is 9.59 Å². The van der Waals surface area contributed by atoms with E-state index < -0.39 is 5.91 Å². The summed E-state index contributed by atoms with van der Waals surface area (Å²) in [6, 6.07) is 3.75. The van der Waals surface area contributed by atoms with E-state index in [0.717, 1.165) is 33.8 Å². The number of hydrogen-bond acceptors (Lipinski definition) is 3. The maximum absolute atomic E-state index is 11.8. The fourth-order valence-electron chi connectivity index (χ4n) is 2.14. The highest BCUT2D eigenvalue weighted by molar-refractivity contribution is 9.11. The number of rotatable bonds is 9. The molecule has 0 saturated carbocycles. The Labute approximate surface area is 160 Å². The maximum Gasteiger partial charge on any atom is 0.276 e. The van der Waals surface area contributed by atoms with Gasteiger partial charge in [0.2, 0.25) is 5.91 Å². The highest BCUT2D eigenvalue weighted by atomic mass is 79.9. The first-order chi connectivity index (χ1) is 11.4. The summed E-state index contributed by atoms with van der Waals surface area (Å²) in [6.07, 6.45) is 5.81. The molecule has 1 rings (SSSR count). The van der Waals surface area contributed by atoms with Crippen molar-refractivity contribution in [3.05, 3.63) is 26.6 Å². The molecule has 0 aromatic heterocycles. The monoisotopic (exact) mass is 462 g/mol.